The summed E-state index contributed by atoms with van der Waals surface area (Å²) < 4.78 is 0. The van der Waals surface area contributed by atoms with Crippen LogP contribution in [0.4, 0.5) is 0 Å². The van der Waals surface area contributed by atoms with E-state index in [2.05, 4.69) is 6.58 Å². The molecule has 0 radical (unpaired) electrons. The van der Waals surface area contributed by atoms with Gasteiger partial charge in [-0.1, -0.05) is 38.7 Å². The summed E-state index contributed by atoms with van der Waals surface area (Å²) in [6, 6.07) is 0. The Hall–Kier alpha value is -1.78. The van der Waals surface area contributed by atoms with Crippen LogP contribution in [0.2, 0.25) is 0 Å². The molecule has 0 heterocycles. The van der Waals surface area contributed by atoms with Gasteiger partial charge < -0.3 is 10.2 Å². The van der Waals surface area contributed by atoms with Gasteiger partial charge in [0, 0.05) is 11.1 Å². The number of ketones is 2. The Balaban J connectivity index is 3.04. The average Bonchev–Trinajstić information content (AvgIpc) is 2.48. The maximum Gasteiger partial charge on any atom is 0.229 e. The lowest BCUT2D eigenvalue weighted by molar-refractivity contribution is -0.132. The molecule has 4 nitrogen and oxygen atoms in total. The van der Waals surface area contributed by atoms with E-state index < -0.39 is 23.3 Å². The normalized spacial score (nSPS) is 17.7. The van der Waals surface area contributed by atoms with Crippen molar-refractivity contribution in [2.75, 3.05) is 0 Å². The van der Waals surface area contributed by atoms with Crippen LogP contribution in [-0.2, 0) is 9.59 Å². The van der Waals surface area contributed by atoms with Crippen molar-refractivity contribution in [1.82, 2.24) is 0 Å². The van der Waals surface area contributed by atoms with Gasteiger partial charge in [-0.05, 0) is 50.7 Å². The quantitative estimate of drug-likeness (QED) is 0.407. The van der Waals surface area contributed by atoms with E-state index in [4.69, 9.17) is 0 Å². The van der Waals surface area contributed by atoms with Crippen molar-refractivity contribution in [3.63, 3.8) is 0 Å². The Morgan fingerprint density at radius 3 is 2.38 bits per heavy atom. The molecular weight excluding hydrogens is 304 g/mol. The number of rotatable bonds is 8. The summed E-state index contributed by atoms with van der Waals surface area (Å²) >= 11 is 0. The number of aliphatic hydroxyl groups is 2. The fourth-order valence-electron chi connectivity index (χ4n) is 2.55. The summed E-state index contributed by atoms with van der Waals surface area (Å²) in [7, 11) is 0. The SMILES string of the molecule is C=C/C=C\C1=C(CCCC(O)C(C)(C)O)C(=O)C(=O)C(C(C)C)=C1. The summed E-state index contributed by atoms with van der Waals surface area (Å²) in [4.78, 5) is 24.7. The highest BCUT2D eigenvalue weighted by molar-refractivity contribution is 6.50. The second-order valence-corrected chi connectivity index (χ2v) is 7.00. The zero-order valence-electron chi connectivity index (χ0n) is 15.0. The van der Waals surface area contributed by atoms with Gasteiger partial charge >= 0.3 is 0 Å². The van der Waals surface area contributed by atoms with Gasteiger partial charge in [0.15, 0.2) is 0 Å². The highest BCUT2D eigenvalue weighted by Crippen LogP contribution is 2.28. The molecule has 0 aromatic rings. The van der Waals surface area contributed by atoms with Gasteiger partial charge in [-0.15, -0.1) is 0 Å². The van der Waals surface area contributed by atoms with Crippen LogP contribution in [0.3, 0.4) is 0 Å². The van der Waals surface area contributed by atoms with Gasteiger partial charge in [0.25, 0.3) is 0 Å². The number of carbonyl (C=O) groups is 2. The third-order valence-corrected chi connectivity index (χ3v) is 4.16. The van der Waals surface area contributed by atoms with E-state index in [9.17, 15) is 19.8 Å². The van der Waals surface area contributed by atoms with Crippen LogP contribution < -0.4 is 0 Å². The number of Topliss-reactive ketones (excluding diaryl/α,β-unsaturated/α-hetero) is 2. The van der Waals surface area contributed by atoms with Crippen LogP contribution in [-0.4, -0.2) is 33.5 Å². The van der Waals surface area contributed by atoms with Crippen molar-refractivity contribution in [2.24, 2.45) is 5.92 Å². The molecule has 2 N–H and O–H groups in total. The highest BCUT2D eigenvalue weighted by atomic mass is 16.3. The zero-order valence-corrected chi connectivity index (χ0v) is 15.0. The zero-order chi connectivity index (χ0) is 18.5. The smallest absolute Gasteiger partial charge is 0.229 e. The Morgan fingerprint density at radius 2 is 1.88 bits per heavy atom. The molecule has 1 atom stereocenters. The maximum atomic E-state index is 12.5. The van der Waals surface area contributed by atoms with E-state index in [-0.39, 0.29) is 5.92 Å². The van der Waals surface area contributed by atoms with Crippen LogP contribution in [0, 0.1) is 5.92 Å². The molecule has 132 valence electrons. The lowest BCUT2D eigenvalue weighted by Crippen LogP contribution is -2.35. The highest BCUT2D eigenvalue weighted by Gasteiger charge is 2.30. The van der Waals surface area contributed by atoms with Gasteiger partial charge in [-0.3, -0.25) is 9.59 Å². The number of allylic oxidation sites excluding steroid dienone is 7. The van der Waals surface area contributed by atoms with E-state index in [0.29, 0.717) is 30.4 Å². The summed E-state index contributed by atoms with van der Waals surface area (Å²) in [5.41, 5.74) is 0.521. The van der Waals surface area contributed by atoms with Crippen LogP contribution in [0.5, 0.6) is 0 Å². The second kappa shape index (κ2) is 8.36. The monoisotopic (exact) mass is 332 g/mol. The predicted molar refractivity (Wildman–Crippen MR) is 95.5 cm³/mol. The number of aliphatic hydroxyl groups excluding tert-OH is 1. The first-order chi connectivity index (χ1) is 11.1. The Kier molecular flexibility index (Phi) is 7.06. The fraction of sp³-hybridized carbons (Fsp3) is 0.500. The standard InChI is InChI=1S/C20H28O4/c1-6-7-9-14-12-16(13(2)3)19(23)18(22)15(14)10-8-11-17(21)20(4,5)24/h6-7,9,12-13,17,21,24H,1,8,10-11H2,2-5H3/b9-7-. The molecule has 0 saturated heterocycles. The molecule has 24 heavy (non-hydrogen) atoms. The van der Waals surface area contributed by atoms with E-state index in [1.807, 2.05) is 13.8 Å². The topological polar surface area (TPSA) is 74.6 Å². The Labute approximate surface area is 144 Å². The molecule has 1 rings (SSSR count). The first-order valence-electron chi connectivity index (χ1n) is 8.32. The van der Waals surface area contributed by atoms with Crippen molar-refractivity contribution in [1.29, 1.82) is 0 Å². The summed E-state index contributed by atoms with van der Waals surface area (Å²) in [6.07, 6.45) is 7.28. The minimum absolute atomic E-state index is 0.0212. The summed E-state index contributed by atoms with van der Waals surface area (Å²) in [5, 5.41) is 19.7. The van der Waals surface area contributed by atoms with E-state index in [1.54, 1.807) is 38.2 Å². The first kappa shape index (κ1) is 20.3. The number of hydrogen-bond donors (Lipinski definition) is 2. The van der Waals surface area contributed by atoms with Crippen molar-refractivity contribution < 1.29 is 19.8 Å². The van der Waals surface area contributed by atoms with Gasteiger partial charge in [-0.2, -0.15) is 0 Å². The molecule has 0 amide bonds. The molecule has 0 spiro atoms. The van der Waals surface area contributed by atoms with Gasteiger partial charge in [0.2, 0.25) is 11.6 Å². The van der Waals surface area contributed by atoms with Gasteiger partial charge in [0.05, 0.1) is 11.7 Å². The van der Waals surface area contributed by atoms with E-state index in [1.165, 1.54) is 0 Å². The Morgan fingerprint density at radius 1 is 1.25 bits per heavy atom. The van der Waals surface area contributed by atoms with Crippen molar-refractivity contribution in [3.05, 3.63) is 47.6 Å². The lowest BCUT2D eigenvalue weighted by atomic mass is 9.82. The van der Waals surface area contributed by atoms with Crippen LogP contribution in [0.1, 0.15) is 47.0 Å². The lowest BCUT2D eigenvalue weighted by Gasteiger charge is -2.25. The van der Waals surface area contributed by atoms with Crippen LogP contribution >= 0.6 is 0 Å². The van der Waals surface area contributed by atoms with Crippen LogP contribution in [0.25, 0.3) is 0 Å². The van der Waals surface area contributed by atoms with Crippen molar-refractivity contribution in [3.8, 4) is 0 Å². The molecule has 1 unspecified atom stereocenters. The molecule has 1 aliphatic rings. The van der Waals surface area contributed by atoms with Crippen molar-refractivity contribution >= 4 is 11.6 Å². The second-order valence-electron chi connectivity index (χ2n) is 7.00. The summed E-state index contributed by atoms with van der Waals surface area (Å²) in [5.74, 6) is -0.936. The molecule has 0 aromatic heterocycles. The van der Waals surface area contributed by atoms with Gasteiger partial charge in [0.1, 0.15) is 0 Å². The molecule has 0 aliphatic heterocycles. The molecule has 0 saturated carbocycles. The Bertz CT molecular complexity index is 598. The molecule has 0 aromatic carbocycles. The third-order valence-electron chi connectivity index (χ3n) is 4.16. The summed E-state index contributed by atoms with van der Waals surface area (Å²) in [6.45, 7) is 10.5. The minimum atomic E-state index is -1.18. The molecule has 0 fully saturated rings. The van der Waals surface area contributed by atoms with E-state index in [0.717, 1.165) is 5.57 Å². The largest absolute Gasteiger partial charge is 0.390 e. The molecule has 1 aliphatic carbocycles. The predicted octanol–water partition coefficient (Wildman–Crippen LogP) is 3.06. The van der Waals surface area contributed by atoms with E-state index >= 15 is 0 Å². The molecular formula is C20H28O4. The van der Waals surface area contributed by atoms with Crippen LogP contribution in [0.15, 0.2) is 47.6 Å². The first-order valence-corrected chi connectivity index (χ1v) is 8.32. The number of hydrogen-bond acceptors (Lipinski definition) is 4. The van der Waals surface area contributed by atoms with Gasteiger partial charge in [-0.25, -0.2) is 0 Å². The van der Waals surface area contributed by atoms with Crippen molar-refractivity contribution in [2.45, 2.75) is 58.7 Å². The number of carbonyl (C=O) groups excluding carboxylic acids is 2. The minimum Gasteiger partial charge on any atom is -0.390 e. The maximum absolute atomic E-state index is 12.5. The fourth-order valence-corrected chi connectivity index (χ4v) is 2.55. The molecule has 0 bridgehead atoms. The average molecular weight is 332 g/mol. The molecule has 4 heteroatoms. The third kappa shape index (κ3) is 5.11.